The Bertz CT molecular complexity index is 745. The number of rotatable bonds is 4. The average molecular weight is 318 g/mol. The number of hydrogen-bond acceptors (Lipinski definition) is 5. The Morgan fingerprint density at radius 2 is 2.29 bits per heavy atom. The first-order chi connectivity index (χ1) is 10.1. The zero-order chi connectivity index (χ0) is 14.8. The third-order valence-corrected chi connectivity index (χ3v) is 4.85. The predicted octanol–water partition coefficient (Wildman–Crippen LogP) is 2.88. The Morgan fingerprint density at radius 1 is 1.43 bits per heavy atom. The quantitative estimate of drug-likeness (QED) is 0.743. The highest BCUT2D eigenvalue weighted by molar-refractivity contribution is 7.17. The first kappa shape index (κ1) is 14.0. The van der Waals surface area contributed by atoms with Crippen molar-refractivity contribution in [3.05, 3.63) is 46.1 Å². The summed E-state index contributed by atoms with van der Waals surface area (Å²) in [4.78, 5) is 23.3. The van der Waals surface area contributed by atoms with Gasteiger partial charge in [0.1, 0.15) is 15.7 Å². The fourth-order valence-corrected chi connectivity index (χ4v) is 3.54. The molecule has 3 aromatic rings. The molecule has 0 aromatic carbocycles. The van der Waals surface area contributed by atoms with Crippen LogP contribution in [0.4, 0.5) is 0 Å². The second kappa shape index (κ2) is 5.79. The van der Waals surface area contributed by atoms with Crippen molar-refractivity contribution in [3.63, 3.8) is 0 Å². The number of nitrogens with zero attached hydrogens (tertiary/aromatic N) is 4. The Labute approximate surface area is 130 Å². The molecule has 3 aromatic heterocycles. The zero-order valence-electron chi connectivity index (χ0n) is 11.7. The summed E-state index contributed by atoms with van der Waals surface area (Å²) in [5.74, 6) is 0.824. The van der Waals surface area contributed by atoms with E-state index in [0.717, 1.165) is 16.4 Å². The molecule has 0 saturated heterocycles. The molecule has 0 aliphatic carbocycles. The summed E-state index contributed by atoms with van der Waals surface area (Å²) in [6, 6.07) is 2.01. The predicted molar refractivity (Wildman–Crippen MR) is 84.4 cm³/mol. The van der Waals surface area contributed by atoms with Crippen molar-refractivity contribution in [1.82, 2.24) is 19.4 Å². The van der Waals surface area contributed by atoms with Gasteiger partial charge in [-0.2, -0.15) is 11.3 Å². The normalized spacial score (nSPS) is 10.8. The molecule has 7 heteroatoms. The van der Waals surface area contributed by atoms with Crippen molar-refractivity contribution < 1.29 is 4.79 Å². The number of imidazole rings is 1. The van der Waals surface area contributed by atoms with Gasteiger partial charge in [-0.15, -0.1) is 11.3 Å². The van der Waals surface area contributed by atoms with Crippen molar-refractivity contribution in [2.45, 2.75) is 6.54 Å². The monoisotopic (exact) mass is 318 g/mol. The van der Waals surface area contributed by atoms with Gasteiger partial charge in [0.25, 0.3) is 5.91 Å². The van der Waals surface area contributed by atoms with Crippen molar-refractivity contribution in [3.8, 4) is 10.6 Å². The fourth-order valence-electron chi connectivity index (χ4n) is 1.91. The van der Waals surface area contributed by atoms with Crippen LogP contribution in [0, 0.1) is 0 Å². The molecule has 5 nitrogen and oxygen atoms in total. The largest absolute Gasteiger partial charge is 0.337 e. The summed E-state index contributed by atoms with van der Waals surface area (Å²) in [5.41, 5.74) is 1.07. The van der Waals surface area contributed by atoms with Crippen LogP contribution in [0.5, 0.6) is 0 Å². The van der Waals surface area contributed by atoms with Crippen LogP contribution in [-0.2, 0) is 13.6 Å². The molecule has 3 rings (SSSR count). The maximum Gasteiger partial charge on any atom is 0.265 e. The van der Waals surface area contributed by atoms with Crippen LogP contribution in [0.15, 0.2) is 35.4 Å². The van der Waals surface area contributed by atoms with E-state index in [9.17, 15) is 4.79 Å². The van der Waals surface area contributed by atoms with E-state index in [-0.39, 0.29) is 5.91 Å². The highest BCUT2D eigenvalue weighted by Gasteiger charge is 2.17. The van der Waals surface area contributed by atoms with Gasteiger partial charge in [0.05, 0.1) is 12.7 Å². The van der Waals surface area contributed by atoms with Gasteiger partial charge in [-0.05, 0) is 11.4 Å². The molecule has 0 atom stereocenters. The molecule has 0 spiro atoms. The molecular formula is C14H14N4OS2. The molecule has 3 heterocycles. The lowest BCUT2D eigenvalue weighted by Gasteiger charge is -2.15. The topological polar surface area (TPSA) is 51.0 Å². The number of hydrogen-bond donors (Lipinski definition) is 0. The first-order valence-corrected chi connectivity index (χ1v) is 8.11. The lowest BCUT2D eigenvalue weighted by molar-refractivity contribution is 0.0785. The maximum atomic E-state index is 12.4. The van der Waals surface area contributed by atoms with E-state index < -0.39 is 0 Å². The molecule has 0 saturated carbocycles. The smallest absolute Gasteiger partial charge is 0.265 e. The van der Waals surface area contributed by atoms with E-state index in [2.05, 4.69) is 9.97 Å². The van der Waals surface area contributed by atoms with Gasteiger partial charge in [0, 0.05) is 37.4 Å². The van der Waals surface area contributed by atoms with Crippen molar-refractivity contribution in [2.75, 3.05) is 7.05 Å². The lowest BCUT2D eigenvalue weighted by Crippen LogP contribution is -2.26. The second-order valence-corrected chi connectivity index (χ2v) is 6.47. The highest BCUT2D eigenvalue weighted by Crippen LogP contribution is 2.27. The number of carbonyl (C=O) groups is 1. The van der Waals surface area contributed by atoms with Gasteiger partial charge in [-0.1, -0.05) is 0 Å². The number of aryl methyl sites for hydroxylation is 1. The molecule has 0 bridgehead atoms. The van der Waals surface area contributed by atoms with E-state index in [1.807, 2.05) is 34.6 Å². The summed E-state index contributed by atoms with van der Waals surface area (Å²) in [6.07, 6.45) is 5.25. The van der Waals surface area contributed by atoms with Crippen LogP contribution >= 0.6 is 22.7 Å². The molecule has 0 N–H and O–H groups in total. The summed E-state index contributed by atoms with van der Waals surface area (Å²) < 4.78 is 1.91. The highest BCUT2D eigenvalue weighted by atomic mass is 32.1. The minimum atomic E-state index is -0.0306. The molecule has 0 aliphatic rings. The summed E-state index contributed by atoms with van der Waals surface area (Å²) in [5, 5.41) is 4.92. The number of carbonyl (C=O) groups excluding carboxylic acids is 1. The Balaban J connectivity index is 1.74. The van der Waals surface area contributed by atoms with Crippen molar-refractivity contribution >= 4 is 28.6 Å². The molecule has 0 fully saturated rings. The number of aromatic nitrogens is 3. The summed E-state index contributed by atoms with van der Waals surface area (Å²) in [7, 11) is 3.70. The molecular weight excluding hydrogens is 304 g/mol. The lowest BCUT2D eigenvalue weighted by atomic mass is 10.4. The first-order valence-electron chi connectivity index (χ1n) is 6.35. The minimum absolute atomic E-state index is 0.0306. The molecule has 0 aliphatic heterocycles. The van der Waals surface area contributed by atoms with E-state index >= 15 is 0 Å². The SMILES string of the molecule is CN(Cc1nccn1C)C(=O)c1cnc(-c2ccsc2)s1. The van der Waals surface area contributed by atoms with E-state index in [1.54, 1.807) is 35.7 Å². The Kier molecular flexibility index (Phi) is 3.85. The Hall–Kier alpha value is -1.99. The third kappa shape index (κ3) is 2.88. The van der Waals surface area contributed by atoms with Gasteiger partial charge >= 0.3 is 0 Å². The van der Waals surface area contributed by atoms with Crippen molar-refractivity contribution in [1.29, 1.82) is 0 Å². The minimum Gasteiger partial charge on any atom is -0.337 e. The van der Waals surface area contributed by atoms with Crippen LogP contribution in [0.2, 0.25) is 0 Å². The van der Waals surface area contributed by atoms with Gasteiger partial charge in [-0.3, -0.25) is 4.79 Å². The zero-order valence-corrected chi connectivity index (χ0v) is 13.3. The van der Waals surface area contributed by atoms with E-state index in [4.69, 9.17) is 0 Å². The summed E-state index contributed by atoms with van der Waals surface area (Å²) >= 11 is 3.04. The maximum absolute atomic E-state index is 12.4. The van der Waals surface area contributed by atoms with E-state index in [0.29, 0.717) is 11.4 Å². The molecule has 21 heavy (non-hydrogen) atoms. The van der Waals surface area contributed by atoms with Crippen LogP contribution in [0.25, 0.3) is 10.6 Å². The number of thiazole rings is 1. The van der Waals surface area contributed by atoms with Crippen LogP contribution in [0.3, 0.4) is 0 Å². The van der Waals surface area contributed by atoms with Crippen LogP contribution in [0.1, 0.15) is 15.5 Å². The number of amides is 1. The third-order valence-electron chi connectivity index (χ3n) is 3.13. The van der Waals surface area contributed by atoms with Crippen LogP contribution in [-0.4, -0.2) is 32.4 Å². The average Bonchev–Trinajstić information content (AvgIpc) is 3.18. The van der Waals surface area contributed by atoms with Gasteiger partial charge in [0.15, 0.2) is 0 Å². The van der Waals surface area contributed by atoms with Gasteiger partial charge in [0.2, 0.25) is 0 Å². The standard InChI is InChI=1S/C14H14N4OS2/c1-17-5-4-15-12(17)8-18(2)14(19)11-7-16-13(21-11)10-3-6-20-9-10/h3-7,9H,8H2,1-2H3. The molecule has 1 amide bonds. The number of thiophene rings is 1. The van der Waals surface area contributed by atoms with Crippen molar-refractivity contribution in [2.24, 2.45) is 7.05 Å². The Morgan fingerprint density at radius 3 is 2.95 bits per heavy atom. The van der Waals surface area contributed by atoms with Gasteiger partial charge < -0.3 is 9.47 Å². The van der Waals surface area contributed by atoms with E-state index in [1.165, 1.54) is 11.3 Å². The molecule has 0 radical (unpaired) electrons. The van der Waals surface area contributed by atoms with Gasteiger partial charge in [-0.25, -0.2) is 9.97 Å². The summed E-state index contributed by atoms with van der Waals surface area (Å²) in [6.45, 7) is 0.480. The van der Waals surface area contributed by atoms with Crippen LogP contribution < -0.4 is 0 Å². The fraction of sp³-hybridized carbons (Fsp3) is 0.214. The second-order valence-electron chi connectivity index (χ2n) is 4.66. The molecule has 108 valence electrons. The molecule has 0 unspecified atom stereocenters.